The van der Waals surface area contributed by atoms with Crippen molar-refractivity contribution in [1.29, 1.82) is 0 Å². The highest BCUT2D eigenvalue weighted by molar-refractivity contribution is 6.34. The van der Waals surface area contributed by atoms with E-state index in [1.165, 1.54) is 25.7 Å². The maximum Gasteiger partial charge on any atom is 0.0786 e. The van der Waals surface area contributed by atoms with E-state index in [1.54, 1.807) is 0 Å². The lowest BCUT2D eigenvalue weighted by molar-refractivity contribution is 0.217. The molecule has 1 aromatic carbocycles. The highest BCUT2D eigenvalue weighted by Crippen LogP contribution is 2.40. The van der Waals surface area contributed by atoms with Crippen molar-refractivity contribution in [2.75, 3.05) is 24.3 Å². The number of hydrogen-bond donors (Lipinski definition) is 1. The Balaban J connectivity index is 2.26. The van der Waals surface area contributed by atoms with Gasteiger partial charge < -0.3 is 10.2 Å². The smallest absolute Gasteiger partial charge is 0.0786 e. The van der Waals surface area contributed by atoms with Gasteiger partial charge in [0.1, 0.15) is 0 Å². The van der Waals surface area contributed by atoms with Gasteiger partial charge in [-0.2, -0.15) is 0 Å². The third-order valence-corrected chi connectivity index (χ3v) is 4.58. The lowest BCUT2D eigenvalue weighted by Gasteiger charge is -2.40. The molecular formula is C16H25ClN2. The maximum atomic E-state index is 6.33. The van der Waals surface area contributed by atoms with Gasteiger partial charge in [-0.1, -0.05) is 44.4 Å². The molecule has 1 unspecified atom stereocenters. The molecule has 2 nitrogen and oxygen atoms in total. The van der Waals surface area contributed by atoms with Crippen molar-refractivity contribution >= 4 is 23.0 Å². The average molecular weight is 281 g/mol. The zero-order valence-electron chi connectivity index (χ0n) is 12.5. The van der Waals surface area contributed by atoms with Crippen molar-refractivity contribution in [2.24, 2.45) is 5.41 Å². The summed E-state index contributed by atoms with van der Waals surface area (Å²) in [6.07, 6.45) is 5.20. The Kier molecular flexibility index (Phi) is 4.29. The van der Waals surface area contributed by atoms with E-state index < -0.39 is 0 Å². The van der Waals surface area contributed by atoms with Gasteiger partial charge in [-0.05, 0) is 30.4 Å². The summed E-state index contributed by atoms with van der Waals surface area (Å²) in [6.45, 7) is 4.73. The van der Waals surface area contributed by atoms with Crippen molar-refractivity contribution in [3.63, 3.8) is 0 Å². The van der Waals surface area contributed by atoms with Crippen LogP contribution in [0.4, 0.5) is 11.4 Å². The van der Waals surface area contributed by atoms with Crippen molar-refractivity contribution in [2.45, 2.75) is 45.6 Å². The van der Waals surface area contributed by atoms with Crippen LogP contribution in [0, 0.1) is 5.41 Å². The van der Waals surface area contributed by atoms with Gasteiger partial charge in [0, 0.05) is 20.1 Å². The molecular weight excluding hydrogens is 256 g/mol. The molecule has 1 N–H and O–H groups in total. The zero-order valence-corrected chi connectivity index (χ0v) is 13.2. The van der Waals surface area contributed by atoms with Gasteiger partial charge in [-0.3, -0.25) is 0 Å². The number of rotatable bonds is 3. The fourth-order valence-corrected chi connectivity index (χ4v) is 3.38. The van der Waals surface area contributed by atoms with Crippen molar-refractivity contribution < 1.29 is 0 Å². The van der Waals surface area contributed by atoms with Crippen molar-refractivity contribution in [1.82, 2.24) is 0 Å². The molecule has 1 aromatic rings. The molecule has 2 rings (SSSR count). The molecule has 1 saturated carbocycles. The van der Waals surface area contributed by atoms with Crippen LogP contribution in [0.5, 0.6) is 0 Å². The monoisotopic (exact) mass is 280 g/mol. The minimum Gasteiger partial charge on any atom is -0.380 e. The van der Waals surface area contributed by atoms with Crippen LogP contribution in [0.3, 0.4) is 0 Å². The molecule has 1 fully saturated rings. The Hall–Kier alpha value is -0.890. The van der Waals surface area contributed by atoms with Crippen LogP contribution in [0.15, 0.2) is 18.2 Å². The molecule has 1 aliphatic carbocycles. The SMILES string of the molecule is CN(C)c1c(Cl)cccc1NC1CCCCC1(C)C. The van der Waals surface area contributed by atoms with Crippen molar-refractivity contribution in [3.05, 3.63) is 23.2 Å². The van der Waals surface area contributed by atoms with Gasteiger partial charge in [0.05, 0.1) is 16.4 Å². The molecule has 106 valence electrons. The van der Waals surface area contributed by atoms with Crippen LogP contribution >= 0.6 is 11.6 Å². The second kappa shape index (κ2) is 5.62. The summed E-state index contributed by atoms with van der Waals surface area (Å²) in [7, 11) is 4.08. The molecule has 1 atom stereocenters. The summed E-state index contributed by atoms with van der Waals surface area (Å²) in [5, 5.41) is 4.54. The Bertz CT molecular complexity index is 440. The van der Waals surface area contributed by atoms with E-state index in [4.69, 9.17) is 11.6 Å². The fraction of sp³-hybridized carbons (Fsp3) is 0.625. The van der Waals surface area contributed by atoms with Gasteiger partial charge >= 0.3 is 0 Å². The first-order valence-electron chi connectivity index (χ1n) is 7.14. The van der Waals surface area contributed by atoms with E-state index in [9.17, 15) is 0 Å². The summed E-state index contributed by atoms with van der Waals surface area (Å²) in [5.74, 6) is 0. The Labute approximate surface area is 122 Å². The molecule has 0 bridgehead atoms. The van der Waals surface area contributed by atoms with E-state index in [1.807, 2.05) is 26.2 Å². The van der Waals surface area contributed by atoms with Gasteiger partial charge in [0.25, 0.3) is 0 Å². The lowest BCUT2D eigenvalue weighted by Crippen LogP contribution is -2.39. The van der Waals surface area contributed by atoms with E-state index >= 15 is 0 Å². The van der Waals surface area contributed by atoms with Gasteiger partial charge in [0.2, 0.25) is 0 Å². The number of nitrogens with one attached hydrogen (secondary N) is 1. The van der Waals surface area contributed by atoms with Gasteiger partial charge in [-0.25, -0.2) is 0 Å². The molecule has 0 aromatic heterocycles. The quantitative estimate of drug-likeness (QED) is 0.857. The number of halogens is 1. The average Bonchev–Trinajstić information content (AvgIpc) is 2.31. The van der Waals surface area contributed by atoms with Crippen LogP contribution in [0.25, 0.3) is 0 Å². The number of anilines is 2. The fourth-order valence-electron chi connectivity index (χ4n) is 3.04. The normalized spacial score (nSPS) is 22.1. The van der Waals surface area contributed by atoms with E-state index in [0.717, 1.165) is 16.4 Å². The summed E-state index contributed by atoms with van der Waals surface area (Å²) >= 11 is 6.33. The predicted molar refractivity (Wildman–Crippen MR) is 85.4 cm³/mol. The third kappa shape index (κ3) is 3.17. The number of benzene rings is 1. The molecule has 19 heavy (non-hydrogen) atoms. The van der Waals surface area contributed by atoms with E-state index in [0.29, 0.717) is 11.5 Å². The molecule has 0 spiro atoms. The van der Waals surface area contributed by atoms with Crippen LogP contribution in [-0.2, 0) is 0 Å². The molecule has 0 saturated heterocycles. The molecule has 0 radical (unpaired) electrons. The molecule has 1 aliphatic rings. The van der Waals surface area contributed by atoms with Crippen molar-refractivity contribution in [3.8, 4) is 0 Å². The predicted octanol–water partition coefficient (Wildman–Crippen LogP) is 4.79. The Morgan fingerprint density at radius 3 is 2.63 bits per heavy atom. The van der Waals surface area contributed by atoms with Crippen LogP contribution in [-0.4, -0.2) is 20.1 Å². The minimum absolute atomic E-state index is 0.351. The highest BCUT2D eigenvalue weighted by Gasteiger charge is 2.32. The number of para-hydroxylation sites is 1. The Morgan fingerprint density at radius 1 is 1.26 bits per heavy atom. The second-order valence-electron chi connectivity index (χ2n) is 6.46. The molecule has 0 aliphatic heterocycles. The first-order valence-corrected chi connectivity index (χ1v) is 7.52. The molecule has 0 amide bonds. The van der Waals surface area contributed by atoms with Crippen LogP contribution in [0.1, 0.15) is 39.5 Å². The topological polar surface area (TPSA) is 15.3 Å². The maximum absolute atomic E-state index is 6.33. The van der Waals surface area contributed by atoms with E-state index in [-0.39, 0.29) is 0 Å². The Morgan fingerprint density at radius 2 is 2.00 bits per heavy atom. The number of nitrogens with zero attached hydrogens (tertiary/aromatic N) is 1. The van der Waals surface area contributed by atoms with E-state index in [2.05, 4.69) is 30.1 Å². The standard InChI is InChI=1S/C16H25ClN2/c1-16(2)11-6-5-10-14(16)18-13-9-7-8-12(17)15(13)19(3)4/h7-9,14,18H,5-6,10-11H2,1-4H3. The third-order valence-electron chi connectivity index (χ3n) is 4.27. The minimum atomic E-state index is 0.351. The highest BCUT2D eigenvalue weighted by atomic mass is 35.5. The van der Waals surface area contributed by atoms with Crippen LogP contribution in [0.2, 0.25) is 5.02 Å². The first kappa shape index (κ1) is 14.5. The first-order chi connectivity index (χ1) is 8.92. The summed E-state index contributed by atoms with van der Waals surface area (Å²) in [5.41, 5.74) is 2.59. The molecule has 0 heterocycles. The summed E-state index contributed by atoms with van der Waals surface area (Å²) < 4.78 is 0. The largest absolute Gasteiger partial charge is 0.380 e. The molecule has 3 heteroatoms. The lowest BCUT2D eigenvalue weighted by atomic mass is 9.73. The summed E-state index contributed by atoms with van der Waals surface area (Å²) in [4.78, 5) is 2.08. The van der Waals surface area contributed by atoms with Gasteiger partial charge in [0.15, 0.2) is 0 Å². The zero-order chi connectivity index (χ0) is 14.0. The second-order valence-corrected chi connectivity index (χ2v) is 6.87. The summed E-state index contributed by atoms with van der Waals surface area (Å²) in [6, 6.07) is 6.63. The van der Waals surface area contributed by atoms with Gasteiger partial charge in [-0.15, -0.1) is 0 Å². The number of hydrogen-bond acceptors (Lipinski definition) is 2. The van der Waals surface area contributed by atoms with Crippen LogP contribution < -0.4 is 10.2 Å².